The first-order valence-corrected chi connectivity index (χ1v) is 9.34. The van der Waals surface area contributed by atoms with Crippen LogP contribution in [0.2, 0.25) is 0 Å². The number of hydrogen-bond donors (Lipinski definition) is 0. The molecule has 2 aliphatic carbocycles. The lowest BCUT2D eigenvalue weighted by molar-refractivity contribution is 0.0747. The lowest BCUT2D eigenvalue weighted by Crippen LogP contribution is -2.32. The van der Waals surface area contributed by atoms with Crippen molar-refractivity contribution >= 4 is 0 Å². The topological polar surface area (TPSA) is 9.23 Å². The van der Waals surface area contributed by atoms with E-state index in [0.717, 1.165) is 42.7 Å². The molecule has 2 fully saturated rings. The van der Waals surface area contributed by atoms with Gasteiger partial charge in [-0.2, -0.15) is 0 Å². The standard InChI is InChI=1S/C20H27F3O/c1-2-3-13-4-6-16-9-14(5-7-15(16)8-13)12-24-17-10-18(21)20(23)19(22)11-17/h10-11,13-16H,2-9,12H2,1H3/t13-,14+,15-,16+/m0/s1. The Hall–Kier alpha value is -1.19. The summed E-state index contributed by atoms with van der Waals surface area (Å²) in [6.07, 6.45) is 10.2. The van der Waals surface area contributed by atoms with E-state index in [1.165, 1.54) is 38.5 Å². The minimum Gasteiger partial charge on any atom is -0.493 e. The summed E-state index contributed by atoms with van der Waals surface area (Å²) in [4.78, 5) is 0. The van der Waals surface area contributed by atoms with E-state index in [1.54, 1.807) is 0 Å². The van der Waals surface area contributed by atoms with E-state index in [1.807, 2.05) is 0 Å². The normalized spacial score (nSPS) is 30.0. The number of ether oxygens (including phenoxy) is 1. The van der Waals surface area contributed by atoms with E-state index in [-0.39, 0.29) is 5.75 Å². The maximum Gasteiger partial charge on any atom is 0.194 e. The van der Waals surface area contributed by atoms with Gasteiger partial charge in [-0.05, 0) is 55.8 Å². The fraction of sp³-hybridized carbons (Fsp3) is 0.700. The highest BCUT2D eigenvalue weighted by Crippen LogP contribution is 2.45. The van der Waals surface area contributed by atoms with Crippen molar-refractivity contribution in [3.8, 4) is 5.75 Å². The van der Waals surface area contributed by atoms with Crippen molar-refractivity contribution in [2.75, 3.05) is 6.61 Å². The van der Waals surface area contributed by atoms with Gasteiger partial charge in [0.15, 0.2) is 17.5 Å². The zero-order chi connectivity index (χ0) is 17.1. The number of halogens is 3. The van der Waals surface area contributed by atoms with Gasteiger partial charge < -0.3 is 4.74 Å². The van der Waals surface area contributed by atoms with Crippen LogP contribution in [0.3, 0.4) is 0 Å². The van der Waals surface area contributed by atoms with Gasteiger partial charge in [-0.25, -0.2) is 13.2 Å². The molecule has 0 amide bonds. The van der Waals surface area contributed by atoms with Crippen LogP contribution in [0.25, 0.3) is 0 Å². The molecule has 0 aromatic heterocycles. The van der Waals surface area contributed by atoms with Crippen LogP contribution in [0, 0.1) is 41.1 Å². The van der Waals surface area contributed by atoms with E-state index in [9.17, 15) is 13.2 Å². The van der Waals surface area contributed by atoms with Crippen LogP contribution < -0.4 is 4.74 Å². The van der Waals surface area contributed by atoms with Gasteiger partial charge in [-0.1, -0.05) is 26.2 Å². The van der Waals surface area contributed by atoms with Gasteiger partial charge in [0.1, 0.15) is 5.75 Å². The molecule has 0 unspecified atom stereocenters. The van der Waals surface area contributed by atoms with E-state index in [0.29, 0.717) is 12.5 Å². The van der Waals surface area contributed by atoms with Crippen LogP contribution >= 0.6 is 0 Å². The largest absolute Gasteiger partial charge is 0.493 e. The summed E-state index contributed by atoms with van der Waals surface area (Å²) in [6.45, 7) is 2.73. The van der Waals surface area contributed by atoms with Crippen LogP contribution in [-0.2, 0) is 0 Å². The van der Waals surface area contributed by atoms with Crippen LogP contribution in [0.5, 0.6) is 5.75 Å². The molecule has 134 valence electrons. The Balaban J connectivity index is 1.50. The molecule has 0 N–H and O–H groups in total. The maximum absolute atomic E-state index is 13.2. The second kappa shape index (κ2) is 7.79. The molecule has 2 saturated carbocycles. The molecule has 2 aliphatic rings. The summed E-state index contributed by atoms with van der Waals surface area (Å²) in [5.41, 5.74) is 0. The van der Waals surface area contributed by atoms with Gasteiger partial charge >= 0.3 is 0 Å². The number of benzene rings is 1. The maximum atomic E-state index is 13.2. The third-order valence-electron chi connectivity index (χ3n) is 5.97. The van der Waals surface area contributed by atoms with Crippen LogP contribution in [0.1, 0.15) is 58.3 Å². The summed E-state index contributed by atoms with van der Waals surface area (Å²) < 4.78 is 45.0. The van der Waals surface area contributed by atoms with E-state index < -0.39 is 17.5 Å². The van der Waals surface area contributed by atoms with Gasteiger partial charge in [-0.15, -0.1) is 0 Å². The number of hydrogen-bond acceptors (Lipinski definition) is 1. The van der Waals surface area contributed by atoms with Crippen molar-refractivity contribution < 1.29 is 17.9 Å². The van der Waals surface area contributed by atoms with Gasteiger partial charge in [0.2, 0.25) is 0 Å². The molecule has 0 bridgehead atoms. The quantitative estimate of drug-likeness (QED) is 0.587. The van der Waals surface area contributed by atoms with Gasteiger partial charge in [0.25, 0.3) is 0 Å². The Morgan fingerprint density at radius 1 is 0.917 bits per heavy atom. The van der Waals surface area contributed by atoms with Crippen molar-refractivity contribution in [3.63, 3.8) is 0 Å². The third-order valence-corrected chi connectivity index (χ3v) is 5.97. The van der Waals surface area contributed by atoms with Crippen LogP contribution in [0.15, 0.2) is 12.1 Å². The smallest absolute Gasteiger partial charge is 0.194 e. The molecule has 24 heavy (non-hydrogen) atoms. The average molecular weight is 340 g/mol. The Morgan fingerprint density at radius 3 is 2.12 bits per heavy atom. The zero-order valence-corrected chi connectivity index (χ0v) is 14.4. The second-order valence-corrected chi connectivity index (χ2v) is 7.68. The number of rotatable bonds is 5. The molecule has 0 aliphatic heterocycles. The van der Waals surface area contributed by atoms with Crippen molar-refractivity contribution in [1.82, 2.24) is 0 Å². The average Bonchev–Trinajstić information content (AvgIpc) is 2.58. The first-order valence-electron chi connectivity index (χ1n) is 9.34. The van der Waals surface area contributed by atoms with Crippen LogP contribution in [0.4, 0.5) is 13.2 Å². The molecule has 0 spiro atoms. The summed E-state index contributed by atoms with van der Waals surface area (Å²) in [5, 5.41) is 0. The van der Waals surface area contributed by atoms with Crippen molar-refractivity contribution in [2.45, 2.75) is 58.3 Å². The van der Waals surface area contributed by atoms with E-state index >= 15 is 0 Å². The molecule has 0 heterocycles. The first-order chi connectivity index (χ1) is 11.6. The van der Waals surface area contributed by atoms with Gasteiger partial charge in [0, 0.05) is 12.1 Å². The number of fused-ring (bicyclic) bond motifs is 1. The second-order valence-electron chi connectivity index (χ2n) is 7.68. The van der Waals surface area contributed by atoms with Crippen molar-refractivity contribution in [1.29, 1.82) is 0 Å². The Morgan fingerprint density at radius 2 is 1.50 bits per heavy atom. The predicted molar refractivity (Wildman–Crippen MR) is 88.4 cm³/mol. The minimum atomic E-state index is -1.44. The summed E-state index contributed by atoms with van der Waals surface area (Å²) in [5.74, 6) is -0.758. The Labute approximate surface area is 142 Å². The zero-order valence-electron chi connectivity index (χ0n) is 14.4. The lowest BCUT2D eigenvalue weighted by Gasteiger charge is -2.42. The molecule has 0 radical (unpaired) electrons. The van der Waals surface area contributed by atoms with E-state index in [2.05, 4.69) is 6.92 Å². The Kier molecular flexibility index (Phi) is 5.72. The van der Waals surface area contributed by atoms with Crippen LogP contribution in [-0.4, -0.2) is 6.61 Å². The van der Waals surface area contributed by atoms with Crippen molar-refractivity contribution in [3.05, 3.63) is 29.6 Å². The molecular weight excluding hydrogens is 313 g/mol. The SMILES string of the molecule is CCC[C@H]1CC[C@@H]2C[C@H](COc3cc(F)c(F)c(F)c3)CC[C@H]2C1. The van der Waals surface area contributed by atoms with Gasteiger partial charge in [-0.3, -0.25) is 0 Å². The molecule has 1 aromatic rings. The highest BCUT2D eigenvalue weighted by atomic mass is 19.2. The summed E-state index contributed by atoms with van der Waals surface area (Å²) in [7, 11) is 0. The fourth-order valence-corrected chi connectivity index (χ4v) is 4.74. The molecular formula is C20H27F3O. The summed E-state index contributed by atoms with van der Waals surface area (Å²) >= 11 is 0. The first kappa shape index (κ1) is 17.6. The lowest BCUT2D eigenvalue weighted by atomic mass is 9.64. The molecule has 0 saturated heterocycles. The summed E-state index contributed by atoms with van der Waals surface area (Å²) in [6, 6.07) is 1.86. The molecule has 1 nitrogen and oxygen atoms in total. The third kappa shape index (κ3) is 4.07. The molecule has 4 atom stereocenters. The van der Waals surface area contributed by atoms with Gasteiger partial charge in [0.05, 0.1) is 6.61 Å². The Bertz CT molecular complexity index is 537. The van der Waals surface area contributed by atoms with Crippen molar-refractivity contribution in [2.24, 2.45) is 23.7 Å². The molecule has 1 aromatic carbocycles. The predicted octanol–water partition coefficient (Wildman–Crippen LogP) is 6.12. The van der Waals surface area contributed by atoms with E-state index in [4.69, 9.17) is 4.74 Å². The highest BCUT2D eigenvalue weighted by molar-refractivity contribution is 5.25. The fourth-order valence-electron chi connectivity index (χ4n) is 4.74. The minimum absolute atomic E-state index is 0.0835. The molecule has 4 heteroatoms. The monoisotopic (exact) mass is 340 g/mol. The highest BCUT2D eigenvalue weighted by Gasteiger charge is 2.35. The molecule has 3 rings (SSSR count).